The molecule has 33 heavy (non-hydrogen) atoms. The van der Waals surface area contributed by atoms with Crippen LogP contribution in [0.5, 0.6) is 0 Å². The van der Waals surface area contributed by atoms with Gasteiger partial charge in [-0.15, -0.1) is 0 Å². The highest BCUT2D eigenvalue weighted by Crippen LogP contribution is 2.36. The summed E-state index contributed by atoms with van der Waals surface area (Å²) in [5.74, 6) is 0.941. The van der Waals surface area contributed by atoms with Crippen LogP contribution in [0.2, 0.25) is 0 Å². The van der Waals surface area contributed by atoms with Crippen LogP contribution in [0, 0.1) is 17.2 Å². The van der Waals surface area contributed by atoms with Gasteiger partial charge in [-0.1, -0.05) is 45.4 Å². The molecular formula is C27H41N4O2+. The van der Waals surface area contributed by atoms with Crippen molar-refractivity contribution in [3.8, 4) is 0 Å². The smallest absolute Gasteiger partial charge is 0.390 e. The maximum Gasteiger partial charge on any atom is 0.496 e. The molecule has 6 heteroatoms. The second kappa shape index (κ2) is 11.9. The monoisotopic (exact) mass is 453 g/mol. The molecule has 180 valence electrons. The molecule has 0 saturated heterocycles. The van der Waals surface area contributed by atoms with Crippen molar-refractivity contribution < 1.29 is 14.5 Å². The average molecular weight is 454 g/mol. The average Bonchev–Trinajstić information content (AvgIpc) is 3.55. The van der Waals surface area contributed by atoms with Gasteiger partial charge in [0.25, 0.3) is 0 Å². The van der Waals surface area contributed by atoms with Crippen LogP contribution >= 0.6 is 0 Å². The van der Waals surface area contributed by atoms with E-state index < -0.39 is 5.60 Å². The normalized spacial score (nSPS) is 18.9. The molecule has 2 rings (SSSR count). The minimum atomic E-state index is -0.744. The lowest BCUT2D eigenvalue weighted by Gasteiger charge is -2.18. The maximum atomic E-state index is 13.1. The maximum absolute atomic E-state index is 13.1. The first-order valence-electron chi connectivity index (χ1n) is 11.9. The Balaban J connectivity index is 2.24. The summed E-state index contributed by atoms with van der Waals surface area (Å²) in [5, 5.41) is 24.6. The van der Waals surface area contributed by atoms with Crippen LogP contribution < -0.4 is 10.6 Å². The Hall–Kier alpha value is -2.73. The van der Waals surface area contributed by atoms with E-state index in [1.54, 1.807) is 37.7 Å². The Morgan fingerprint density at radius 1 is 1.36 bits per heavy atom. The van der Waals surface area contributed by atoms with Crippen LogP contribution in [0.25, 0.3) is 0 Å². The first-order valence-corrected chi connectivity index (χ1v) is 11.9. The number of allylic oxidation sites excluding steroid dienone is 7. The van der Waals surface area contributed by atoms with E-state index in [4.69, 9.17) is 5.41 Å². The Morgan fingerprint density at radius 3 is 2.64 bits per heavy atom. The topological polar surface area (TPSA) is 88.2 Å². The molecule has 0 spiro atoms. The second-order valence-electron chi connectivity index (χ2n) is 9.90. The molecule has 2 amide bonds. The largest absolute Gasteiger partial charge is 0.496 e. The fraction of sp³-hybridized carbons (Fsp3) is 0.519. The van der Waals surface area contributed by atoms with Gasteiger partial charge in [-0.25, -0.2) is 5.32 Å². The molecule has 0 bridgehead atoms. The summed E-state index contributed by atoms with van der Waals surface area (Å²) in [4.78, 5) is 13.1. The van der Waals surface area contributed by atoms with E-state index in [1.807, 2.05) is 24.3 Å². The summed E-state index contributed by atoms with van der Waals surface area (Å²) in [6, 6.07) is -0.209. The van der Waals surface area contributed by atoms with Gasteiger partial charge >= 0.3 is 6.03 Å². The summed E-state index contributed by atoms with van der Waals surface area (Å²) >= 11 is 0. The number of urea groups is 1. The predicted octanol–water partition coefficient (Wildman–Crippen LogP) is 4.85. The van der Waals surface area contributed by atoms with Crippen molar-refractivity contribution in [3.63, 3.8) is 0 Å². The molecular weight excluding hydrogens is 412 g/mol. The zero-order chi connectivity index (χ0) is 24.6. The van der Waals surface area contributed by atoms with Crippen LogP contribution in [-0.2, 0) is 0 Å². The molecule has 6 nitrogen and oxygen atoms in total. The molecule has 2 aliphatic carbocycles. The SMILES string of the molecule is C=C/C=C\C(C(C)C)=[N+](\C)C(=O)NC1=C/C(=C/NCCC(C)(C)O)C(=N)C=C1CCC1CC1. The molecule has 4 N–H and O–H groups in total. The van der Waals surface area contributed by atoms with E-state index in [0.29, 0.717) is 24.3 Å². The van der Waals surface area contributed by atoms with Gasteiger partial charge in [0.15, 0.2) is 0 Å². The molecule has 1 saturated carbocycles. The van der Waals surface area contributed by atoms with E-state index in [9.17, 15) is 9.90 Å². The minimum absolute atomic E-state index is 0.172. The highest BCUT2D eigenvalue weighted by Gasteiger charge is 2.27. The van der Waals surface area contributed by atoms with E-state index in [0.717, 1.165) is 35.7 Å². The fourth-order valence-corrected chi connectivity index (χ4v) is 3.60. The minimum Gasteiger partial charge on any atom is -0.390 e. The molecule has 0 aromatic carbocycles. The quantitative estimate of drug-likeness (QED) is 0.156. The summed E-state index contributed by atoms with van der Waals surface area (Å²) in [5.41, 5.74) is 3.02. The van der Waals surface area contributed by atoms with Crippen molar-refractivity contribution in [2.75, 3.05) is 13.6 Å². The van der Waals surface area contributed by atoms with Crippen LogP contribution in [-0.4, -0.2) is 46.3 Å². The van der Waals surface area contributed by atoms with Gasteiger partial charge in [0.2, 0.25) is 0 Å². The van der Waals surface area contributed by atoms with E-state index in [1.165, 1.54) is 12.8 Å². The zero-order valence-corrected chi connectivity index (χ0v) is 20.9. The van der Waals surface area contributed by atoms with Gasteiger partial charge in [0.1, 0.15) is 11.4 Å². The Bertz CT molecular complexity index is 907. The lowest BCUT2D eigenvalue weighted by molar-refractivity contribution is -0.395. The molecule has 0 aromatic heterocycles. The molecule has 0 aliphatic heterocycles. The number of carbonyl (C=O) groups is 1. The standard InChI is InChI=1S/C27H40N4O2/c1-7-8-9-25(19(2)3)31(6)26(32)30-24-17-22(18-29-15-14-27(4,5)33)23(28)16-21(24)13-12-20-10-11-20/h7-9,16-20,33H,1,10-15H2,2-6H3,(H2-,28,29,30,32)/p+1/b9-8-,31-25+. The molecule has 2 aliphatic rings. The van der Waals surface area contributed by atoms with Crippen molar-refractivity contribution in [1.82, 2.24) is 10.6 Å². The number of amides is 2. The van der Waals surface area contributed by atoms with E-state index in [2.05, 4.69) is 31.1 Å². The Morgan fingerprint density at radius 2 is 2.06 bits per heavy atom. The Kier molecular flexibility index (Phi) is 9.59. The molecule has 0 radical (unpaired) electrons. The van der Waals surface area contributed by atoms with Gasteiger partial charge in [0.05, 0.1) is 18.4 Å². The predicted molar refractivity (Wildman–Crippen MR) is 137 cm³/mol. The number of hydrogen-bond acceptors (Lipinski definition) is 4. The molecule has 0 unspecified atom stereocenters. The summed E-state index contributed by atoms with van der Waals surface area (Å²) in [7, 11) is 1.77. The first-order chi connectivity index (χ1) is 15.5. The molecule has 0 aromatic rings. The molecule has 1 fully saturated rings. The highest BCUT2D eigenvalue weighted by atomic mass is 16.3. The van der Waals surface area contributed by atoms with Gasteiger partial charge in [-0.3, -0.25) is 0 Å². The molecule has 0 atom stereocenters. The lowest BCUT2D eigenvalue weighted by Crippen LogP contribution is -2.36. The van der Waals surface area contributed by atoms with Crippen LogP contribution in [0.15, 0.2) is 60.0 Å². The second-order valence-corrected chi connectivity index (χ2v) is 9.90. The van der Waals surface area contributed by atoms with Crippen molar-refractivity contribution >= 4 is 17.5 Å². The number of nitrogens with zero attached hydrogens (tertiary/aromatic N) is 1. The van der Waals surface area contributed by atoms with Gasteiger partial charge < -0.3 is 15.8 Å². The summed E-state index contributed by atoms with van der Waals surface area (Å²) in [6.07, 6.45) is 16.0. The van der Waals surface area contributed by atoms with Crippen molar-refractivity contribution in [2.45, 2.75) is 65.4 Å². The van der Waals surface area contributed by atoms with Gasteiger partial charge in [0, 0.05) is 29.8 Å². The van der Waals surface area contributed by atoms with Crippen LogP contribution in [0.3, 0.4) is 0 Å². The summed E-state index contributed by atoms with van der Waals surface area (Å²) in [6.45, 7) is 12.0. The molecule has 0 heterocycles. The Labute approximate surface area is 199 Å². The van der Waals surface area contributed by atoms with Gasteiger partial charge in [-0.05, 0) is 57.3 Å². The third-order valence-corrected chi connectivity index (χ3v) is 5.86. The van der Waals surface area contributed by atoms with E-state index in [-0.39, 0.29) is 11.9 Å². The first kappa shape index (κ1) is 26.5. The third kappa shape index (κ3) is 8.97. The lowest BCUT2D eigenvalue weighted by atomic mass is 9.94. The summed E-state index contributed by atoms with van der Waals surface area (Å²) < 4.78 is 1.63. The van der Waals surface area contributed by atoms with Crippen molar-refractivity contribution in [2.24, 2.45) is 11.8 Å². The number of carbonyl (C=O) groups excluding carboxylic acids is 1. The van der Waals surface area contributed by atoms with Gasteiger partial charge in [-0.2, -0.15) is 9.37 Å². The number of aliphatic hydroxyl groups is 1. The third-order valence-electron chi connectivity index (χ3n) is 5.86. The van der Waals surface area contributed by atoms with Crippen molar-refractivity contribution in [1.29, 1.82) is 5.41 Å². The van der Waals surface area contributed by atoms with Crippen LogP contribution in [0.4, 0.5) is 4.79 Å². The zero-order valence-electron chi connectivity index (χ0n) is 20.9. The fourth-order valence-electron chi connectivity index (χ4n) is 3.60. The number of nitrogens with one attached hydrogen (secondary N) is 3. The number of hydrogen-bond donors (Lipinski definition) is 4. The highest BCUT2D eigenvalue weighted by molar-refractivity contribution is 6.10. The van der Waals surface area contributed by atoms with Crippen molar-refractivity contribution in [3.05, 3.63) is 60.0 Å². The number of rotatable bonds is 11. The van der Waals surface area contributed by atoms with Crippen LogP contribution in [0.1, 0.15) is 59.8 Å². The van der Waals surface area contributed by atoms with E-state index >= 15 is 0 Å².